The molecule has 0 radical (unpaired) electrons. The Bertz CT molecular complexity index is 217. The minimum atomic E-state index is 0.578. The van der Waals surface area contributed by atoms with Gasteiger partial charge < -0.3 is 10.1 Å². The molecular weight excluding hydrogens is 210 g/mol. The van der Waals surface area contributed by atoms with Gasteiger partial charge in [-0.3, -0.25) is 0 Å². The molecule has 2 atom stereocenters. The first-order chi connectivity index (χ1) is 8.30. The van der Waals surface area contributed by atoms with Crippen LogP contribution in [0.4, 0.5) is 0 Å². The molecular formula is C15H29NO. The first-order valence-corrected chi connectivity index (χ1v) is 7.56. The van der Waals surface area contributed by atoms with Crippen molar-refractivity contribution in [2.45, 2.75) is 76.8 Å². The molecule has 0 bridgehead atoms. The van der Waals surface area contributed by atoms with Gasteiger partial charge in [-0.05, 0) is 37.5 Å². The molecule has 0 amide bonds. The maximum atomic E-state index is 5.34. The lowest BCUT2D eigenvalue weighted by Crippen LogP contribution is -2.57. The van der Waals surface area contributed by atoms with E-state index < -0.39 is 0 Å². The lowest BCUT2D eigenvalue weighted by molar-refractivity contribution is 0.00833. The molecule has 2 aliphatic carbocycles. The van der Waals surface area contributed by atoms with E-state index in [4.69, 9.17) is 4.74 Å². The van der Waals surface area contributed by atoms with Crippen LogP contribution in [-0.2, 0) is 4.74 Å². The molecule has 0 aromatic rings. The van der Waals surface area contributed by atoms with Crippen molar-refractivity contribution in [2.24, 2.45) is 5.41 Å². The third-order valence-corrected chi connectivity index (χ3v) is 4.96. The van der Waals surface area contributed by atoms with Gasteiger partial charge >= 0.3 is 0 Å². The van der Waals surface area contributed by atoms with Crippen molar-refractivity contribution < 1.29 is 4.74 Å². The summed E-state index contributed by atoms with van der Waals surface area (Å²) in [5.74, 6) is 0. The van der Waals surface area contributed by atoms with Gasteiger partial charge in [0.25, 0.3) is 0 Å². The van der Waals surface area contributed by atoms with Gasteiger partial charge in [0.1, 0.15) is 0 Å². The molecule has 100 valence electrons. The van der Waals surface area contributed by atoms with Gasteiger partial charge in [0.05, 0.1) is 6.61 Å². The highest BCUT2D eigenvalue weighted by Crippen LogP contribution is 2.51. The van der Waals surface area contributed by atoms with Crippen LogP contribution < -0.4 is 5.32 Å². The number of ether oxygens (including phenoxy) is 1. The van der Waals surface area contributed by atoms with E-state index >= 15 is 0 Å². The van der Waals surface area contributed by atoms with E-state index in [-0.39, 0.29) is 0 Å². The standard InChI is InChI=1S/C15H29NO/c1-3-7-13(12-17-2)16-14-8-11-15(14)9-5-4-6-10-15/h13-14,16H,3-12H2,1-2H3. The minimum Gasteiger partial charge on any atom is -0.383 e. The summed E-state index contributed by atoms with van der Waals surface area (Å²) in [6.07, 6.45) is 12.7. The number of hydrogen-bond donors (Lipinski definition) is 1. The Morgan fingerprint density at radius 1 is 1.24 bits per heavy atom. The fourth-order valence-electron chi connectivity index (χ4n) is 3.86. The maximum absolute atomic E-state index is 5.34. The molecule has 0 aromatic heterocycles. The molecule has 1 N–H and O–H groups in total. The normalized spacial score (nSPS) is 28.9. The highest BCUT2D eigenvalue weighted by Gasteiger charge is 2.47. The highest BCUT2D eigenvalue weighted by molar-refractivity contribution is 5.02. The van der Waals surface area contributed by atoms with Crippen molar-refractivity contribution in [3.63, 3.8) is 0 Å². The van der Waals surface area contributed by atoms with Gasteiger partial charge in [-0.2, -0.15) is 0 Å². The Morgan fingerprint density at radius 3 is 2.53 bits per heavy atom. The molecule has 2 saturated carbocycles. The summed E-state index contributed by atoms with van der Waals surface area (Å²) >= 11 is 0. The second-order valence-electron chi connectivity index (χ2n) is 6.12. The van der Waals surface area contributed by atoms with Crippen molar-refractivity contribution in [1.29, 1.82) is 0 Å². The molecule has 2 fully saturated rings. The minimum absolute atomic E-state index is 0.578. The average Bonchev–Trinajstić information content (AvgIpc) is 2.36. The first-order valence-electron chi connectivity index (χ1n) is 7.56. The number of hydrogen-bond acceptors (Lipinski definition) is 2. The Morgan fingerprint density at radius 2 is 2.00 bits per heavy atom. The maximum Gasteiger partial charge on any atom is 0.0615 e. The van der Waals surface area contributed by atoms with Gasteiger partial charge in [0.15, 0.2) is 0 Å². The van der Waals surface area contributed by atoms with Crippen molar-refractivity contribution in [1.82, 2.24) is 5.32 Å². The average molecular weight is 239 g/mol. The Labute approximate surface area is 107 Å². The summed E-state index contributed by atoms with van der Waals surface area (Å²) < 4.78 is 5.34. The zero-order valence-electron chi connectivity index (χ0n) is 11.6. The van der Waals surface area contributed by atoms with Crippen molar-refractivity contribution in [2.75, 3.05) is 13.7 Å². The summed E-state index contributed by atoms with van der Waals surface area (Å²) in [6, 6.07) is 1.36. The summed E-state index contributed by atoms with van der Waals surface area (Å²) in [4.78, 5) is 0. The Kier molecular flexibility index (Phi) is 4.87. The summed E-state index contributed by atoms with van der Waals surface area (Å²) in [5.41, 5.74) is 0.679. The molecule has 17 heavy (non-hydrogen) atoms. The van der Waals surface area contributed by atoms with E-state index in [0.29, 0.717) is 11.5 Å². The monoisotopic (exact) mass is 239 g/mol. The largest absolute Gasteiger partial charge is 0.383 e. The molecule has 1 spiro atoms. The van der Waals surface area contributed by atoms with Crippen molar-refractivity contribution in [3.05, 3.63) is 0 Å². The summed E-state index contributed by atoms with van der Waals surface area (Å²) in [6.45, 7) is 3.14. The molecule has 0 aliphatic heterocycles. The van der Waals surface area contributed by atoms with Crippen molar-refractivity contribution in [3.8, 4) is 0 Å². The van der Waals surface area contributed by atoms with Gasteiger partial charge in [0.2, 0.25) is 0 Å². The lowest BCUT2D eigenvalue weighted by Gasteiger charge is -2.53. The smallest absolute Gasteiger partial charge is 0.0615 e. The van der Waals surface area contributed by atoms with Crippen LogP contribution in [-0.4, -0.2) is 25.8 Å². The van der Waals surface area contributed by atoms with Crippen LogP contribution in [0, 0.1) is 5.41 Å². The summed E-state index contributed by atoms with van der Waals surface area (Å²) in [5, 5.41) is 3.89. The molecule has 0 aromatic carbocycles. The van der Waals surface area contributed by atoms with Crippen LogP contribution in [0.25, 0.3) is 0 Å². The Hall–Kier alpha value is -0.0800. The Balaban J connectivity index is 1.84. The molecule has 0 heterocycles. The predicted molar refractivity (Wildman–Crippen MR) is 72.2 cm³/mol. The number of methoxy groups -OCH3 is 1. The van der Waals surface area contributed by atoms with Gasteiger partial charge in [-0.1, -0.05) is 32.6 Å². The fraction of sp³-hybridized carbons (Fsp3) is 1.00. The van der Waals surface area contributed by atoms with E-state index in [1.54, 1.807) is 0 Å². The fourth-order valence-corrected chi connectivity index (χ4v) is 3.86. The molecule has 2 rings (SSSR count). The molecule has 2 nitrogen and oxygen atoms in total. The zero-order chi connectivity index (χ0) is 12.1. The lowest BCUT2D eigenvalue weighted by atomic mass is 9.57. The molecule has 0 saturated heterocycles. The molecule has 2 unspecified atom stereocenters. The van der Waals surface area contributed by atoms with E-state index in [1.165, 1.54) is 57.8 Å². The van der Waals surface area contributed by atoms with Crippen LogP contribution >= 0.6 is 0 Å². The quantitative estimate of drug-likeness (QED) is 0.766. The zero-order valence-corrected chi connectivity index (χ0v) is 11.6. The van der Waals surface area contributed by atoms with E-state index in [9.17, 15) is 0 Å². The van der Waals surface area contributed by atoms with Gasteiger partial charge in [-0.25, -0.2) is 0 Å². The van der Waals surface area contributed by atoms with E-state index in [0.717, 1.165) is 12.6 Å². The molecule has 2 aliphatic rings. The third-order valence-electron chi connectivity index (χ3n) is 4.96. The number of rotatable bonds is 6. The van der Waals surface area contributed by atoms with Crippen LogP contribution in [0.15, 0.2) is 0 Å². The second kappa shape index (κ2) is 6.19. The van der Waals surface area contributed by atoms with Gasteiger partial charge in [-0.15, -0.1) is 0 Å². The predicted octanol–water partition coefficient (Wildman–Crippen LogP) is 3.50. The van der Waals surface area contributed by atoms with Gasteiger partial charge in [0, 0.05) is 19.2 Å². The van der Waals surface area contributed by atoms with Crippen LogP contribution in [0.1, 0.15) is 64.7 Å². The van der Waals surface area contributed by atoms with Crippen LogP contribution in [0.3, 0.4) is 0 Å². The molecule has 2 heteroatoms. The van der Waals surface area contributed by atoms with E-state index in [1.807, 2.05) is 7.11 Å². The summed E-state index contributed by atoms with van der Waals surface area (Å²) in [7, 11) is 1.82. The third kappa shape index (κ3) is 3.03. The van der Waals surface area contributed by atoms with Crippen LogP contribution in [0.2, 0.25) is 0 Å². The SMILES string of the molecule is CCCC(COC)NC1CCC12CCCCC2. The first kappa shape index (κ1) is 13.4. The topological polar surface area (TPSA) is 21.3 Å². The number of nitrogens with one attached hydrogen (secondary N) is 1. The highest BCUT2D eigenvalue weighted by atomic mass is 16.5. The van der Waals surface area contributed by atoms with Crippen LogP contribution in [0.5, 0.6) is 0 Å². The van der Waals surface area contributed by atoms with E-state index in [2.05, 4.69) is 12.2 Å². The van der Waals surface area contributed by atoms with Crippen molar-refractivity contribution >= 4 is 0 Å². The second-order valence-corrected chi connectivity index (χ2v) is 6.12.